The highest BCUT2D eigenvalue weighted by Gasteiger charge is 2.12. The molecule has 5 heteroatoms. The number of hydrogen-bond acceptors (Lipinski definition) is 3. The number of amides is 1. The number of hydrogen-bond donors (Lipinski definition) is 0. The third kappa shape index (κ3) is 4.20. The van der Waals surface area contributed by atoms with E-state index in [4.69, 9.17) is 0 Å². The van der Waals surface area contributed by atoms with Crippen molar-refractivity contribution in [3.8, 4) is 0 Å². The zero-order valence-corrected chi connectivity index (χ0v) is 14.0. The Labute approximate surface area is 146 Å². The van der Waals surface area contributed by atoms with Gasteiger partial charge in [0.1, 0.15) is 0 Å². The van der Waals surface area contributed by atoms with Crippen LogP contribution in [0.25, 0.3) is 0 Å². The fourth-order valence-corrected chi connectivity index (χ4v) is 2.60. The van der Waals surface area contributed by atoms with E-state index in [0.29, 0.717) is 18.7 Å². The van der Waals surface area contributed by atoms with Crippen LogP contribution >= 0.6 is 0 Å². The summed E-state index contributed by atoms with van der Waals surface area (Å²) in [6.45, 7) is 0.994. The molecule has 0 aliphatic carbocycles. The van der Waals surface area contributed by atoms with Gasteiger partial charge in [0.05, 0.1) is 12.9 Å². The first-order valence-electron chi connectivity index (χ1n) is 8.02. The lowest BCUT2D eigenvalue weighted by Crippen LogP contribution is -2.26. The molecule has 0 N–H and O–H groups in total. The molecule has 0 aliphatic heterocycles. The molecule has 0 bridgehead atoms. The minimum Gasteiger partial charge on any atom is -0.337 e. The topological polar surface area (TPSA) is 55.2 Å². The molecule has 2 aromatic carbocycles. The number of benzene rings is 2. The van der Waals surface area contributed by atoms with Crippen molar-refractivity contribution in [3.63, 3.8) is 0 Å². The lowest BCUT2D eigenvalue weighted by atomic mass is 10.1. The van der Waals surface area contributed by atoms with Gasteiger partial charge in [-0.15, -0.1) is 0 Å². The van der Waals surface area contributed by atoms with E-state index in [1.165, 1.54) is 23.2 Å². The minimum absolute atomic E-state index is 0.0334. The molecular weight excluding hydrogens is 314 g/mol. The lowest BCUT2D eigenvalue weighted by molar-refractivity contribution is 0.0785. The van der Waals surface area contributed by atoms with E-state index in [2.05, 4.69) is 4.98 Å². The zero-order chi connectivity index (χ0) is 17.6. The Morgan fingerprint density at radius 1 is 1.00 bits per heavy atom. The molecule has 3 rings (SSSR count). The van der Waals surface area contributed by atoms with E-state index in [-0.39, 0.29) is 11.5 Å². The molecule has 1 heterocycles. The van der Waals surface area contributed by atoms with Gasteiger partial charge in [0, 0.05) is 31.4 Å². The highest BCUT2D eigenvalue weighted by molar-refractivity contribution is 5.94. The molecule has 0 unspecified atom stereocenters. The molecule has 0 fully saturated rings. The van der Waals surface area contributed by atoms with E-state index >= 15 is 0 Å². The highest BCUT2D eigenvalue weighted by atomic mass is 16.2. The van der Waals surface area contributed by atoms with Crippen molar-refractivity contribution < 1.29 is 4.79 Å². The largest absolute Gasteiger partial charge is 0.337 e. The van der Waals surface area contributed by atoms with Crippen LogP contribution in [-0.4, -0.2) is 27.4 Å². The van der Waals surface area contributed by atoms with Gasteiger partial charge >= 0.3 is 0 Å². The summed E-state index contributed by atoms with van der Waals surface area (Å²) in [6.07, 6.45) is 2.98. The summed E-state index contributed by atoms with van der Waals surface area (Å²) in [5.41, 5.74) is 2.56. The minimum atomic E-state index is -0.0993. The SMILES string of the molecule is CN(Cc1ccccc1)C(=O)c1ccc(Cn2cnccc2=O)cc1. The molecule has 3 aromatic rings. The Balaban J connectivity index is 1.68. The van der Waals surface area contributed by atoms with E-state index in [1.807, 2.05) is 42.5 Å². The maximum atomic E-state index is 12.5. The molecule has 0 saturated carbocycles. The Kier molecular flexibility index (Phi) is 5.04. The summed E-state index contributed by atoms with van der Waals surface area (Å²) in [5.74, 6) is -0.0334. The molecule has 0 spiro atoms. The maximum Gasteiger partial charge on any atom is 0.253 e. The Hall–Kier alpha value is -3.21. The van der Waals surface area contributed by atoms with Gasteiger partial charge in [-0.25, -0.2) is 4.98 Å². The van der Waals surface area contributed by atoms with E-state index in [9.17, 15) is 9.59 Å². The van der Waals surface area contributed by atoms with Gasteiger partial charge in [0.2, 0.25) is 0 Å². The second-order valence-corrected chi connectivity index (χ2v) is 5.89. The van der Waals surface area contributed by atoms with Crippen LogP contribution in [0.3, 0.4) is 0 Å². The molecule has 25 heavy (non-hydrogen) atoms. The fraction of sp³-hybridized carbons (Fsp3) is 0.150. The van der Waals surface area contributed by atoms with Crippen molar-refractivity contribution in [2.45, 2.75) is 13.1 Å². The molecule has 5 nitrogen and oxygen atoms in total. The Bertz CT molecular complexity index is 902. The summed E-state index contributed by atoms with van der Waals surface area (Å²) >= 11 is 0. The van der Waals surface area contributed by atoms with Crippen molar-refractivity contribution in [1.82, 2.24) is 14.5 Å². The van der Waals surface area contributed by atoms with Crippen LogP contribution in [-0.2, 0) is 13.1 Å². The van der Waals surface area contributed by atoms with Crippen LogP contribution < -0.4 is 5.56 Å². The monoisotopic (exact) mass is 333 g/mol. The molecule has 0 saturated heterocycles. The molecule has 1 aromatic heterocycles. The third-order valence-electron chi connectivity index (χ3n) is 3.96. The van der Waals surface area contributed by atoms with Crippen molar-refractivity contribution in [3.05, 3.63) is 100 Å². The fourth-order valence-electron chi connectivity index (χ4n) is 2.60. The molecule has 0 aliphatic rings. The number of carbonyl (C=O) groups excluding carboxylic acids is 1. The molecular formula is C20H19N3O2. The lowest BCUT2D eigenvalue weighted by Gasteiger charge is -2.17. The quantitative estimate of drug-likeness (QED) is 0.721. The Morgan fingerprint density at radius 2 is 1.72 bits per heavy atom. The summed E-state index contributed by atoms with van der Waals surface area (Å²) in [5, 5.41) is 0. The average molecular weight is 333 g/mol. The number of nitrogens with zero attached hydrogens (tertiary/aromatic N) is 3. The normalized spacial score (nSPS) is 10.4. The second kappa shape index (κ2) is 7.57. The second-order valence-electron chi connectivity index (χ2n) is 5.89. The number of aromatic nitrogens is 2. The number of rotatable bonds is 5. The van der Waals surface area contributed by atoms with Gasteiger partial charge in [0.15, 0.2) is 0 Å². The van der Waals surface area contributed by atoms with Crippen molar-refractivity contribution in [2.75, 3.05) is 7.05 Å². The van der Waals surface area contributed by atoms with Crippen LogP contribution in [0.5, 0.6) is 0 Å². The third-order valence-corrected chi connectivity index (χ3v) is 3.96. The van der Waals surface area contributed by atoms with Gasteiger partial charge in [-0.1, -0.05) is 42.5 Å². The first kappa shape index (κ1) is 16.6. The van der Waals surface area contributed by atoms with Gasteiger partial charge in [-0.2, -0.15) is 0 Å². The van der Waals surface area contributed by atoms with Gasteiger partial charge < -0.3 is 4.90 Å². The van der Waals surface area contributed by atoms with Crippen LogP contribution in [0, 0.1) is 0 Å². The summed E-state index contributed by atoms with van der Waals surface area (Å²) in [4.78, 5) is 29.9. The first-order chi connectivity index (χ1) is 12.1. The first-order valence-corrected chi connectivity index (χ1v) is 8.02. The summed E-state index contributed by atoms with van der Waals surface area (Å²) < 4.78 is 1.53. The van der Waals surface area contributed by atoms with Crippen LogP contribution in [0.15, 0.2) is 78.0 Å². The van der Waals surface area contributed by atoms with Gasteiger partial charge in [-0.3, -0.25) is 14.2 Å². The van der Waals surface area contributed by atoms with Crippen LogP contribution in [0.2, 0.25) is 0 Å². The Morgan fingerprint density at radius 3 is 2.40 bits per heavy atom. The van der Waals surface area contributed by atoms with Crippen molar-refractivity contribution in [1.29, 1.82) is 0 Å². The standard InChI is InChI=1S/C20H19N3O2/c1-22(13-16-5-3-2-4-6-16)20(25)18-9-7-17(8-10-18)14-23-15-21-12-11-19(23)24/h2-12,15H,13-14H2,1H3. The van der Waals surface area contributed by atoms with E-state index < -0.39 is 0 Å². The predicted octanol–water partition coefficient (Wildman–Crippen LogP) is 2.56. The summed E-state index contributed by atoms with van der Waals surface area (Å²) in [6, 6.07) is 18.6. The highest BCUT2D eigenvalue weighted by Crippen LogP contribution is 2.10. The van der Waals surface area contributed by atoms with Gasteiger partial charge in [0.25, 0.3) is 11.5 Å². The molecule has 1 amide bonds. The van der Waals surface area contributed by atoms with E-state index in [0.717, 1.165) is 11.1 Å². The molecule has 0 atom stereocenters. The van der Waals surface area contributed by atoms with Gasteiger partial charge in [-0.05, 0) is 23.3 Å². The van der Waals surface area contributed by atoms with Crippen LogP contribution in [0.4, 0.5) is 0 Å². The number of carbonyl (C=O) groups is 1. The molecule has 126 valence electrons. The maximum absolute atomic E-state index is 12.5. The predicted molar refractivity (Wildman–Crippen MR) is 96.3 cm³/mol. The van der Waals surface area contributed by atoms with Crippen LogP contribution in [0.1, 0.15) is 21.5 Å². The van der Waals surface area contributed by atoms with Crippen molar-refractivity contribution in [2.24, 2.45) is 0 Å². The summed E-state index contributed by atoms with van der Waals surface area (Å²) in [7, 11) is 1.79. The smallest absolute Gasteiger partial charge is 0.253 e. The van der Waals surface area contributed by atoms with E-state index in [1.54, 1.807) is 24.1 Å². The molecule has 0 radical (unpaired) electrons. The average Bonchev–Trinajstić information content (AvgIpc) is 2.64. The zero-order valence-electron chi connectivity index (χ0n) is 14.0. The van der Waals surface area contributed by atoms with Crippen molar-refractivity contribution >= 4 is 5.91 Å².